The molecule has 2 rings (SSSR count). The van der Waals surface area contributed by atoms with Crippen LogP contribution < -0.4 is 4.74 Å². The maximum atomic E-state index is 11.6. The highest BCUT2D eigenvalue weighted by Gasteiger charge is 2.18. The Bertz CT molecular complexity index is 539. The average molecular weight is 277 g/mol. The number of thiophene rings is 1. The van der Waals surface area contributed by atoms with Gasteiger partial charge in [0.25, 0.3) is 0 Å². The van der Waals surface area contributed by atoms with Crippen LogP contribution in [-0.4, -0.2) is 23.7 Å². The quantitative estimate of drug-likeness (QED) is 0.788. The van der Waals surface area contributed by atoms with Crippen LogP contribution in [0.2, 0.25) is 0 Å². The minimum absolute atomic E-state index is 0.353. The van der Waals surface area contributed by atoms with Gasteiger partial charge in [-0.25, -0.2) is 4.79 Å². The van der Waals surface area contributed by atoms with E-state index in [0.29, 0.717) is 12.4 Å². The molecule has 19 heavy (non-hydrogen) atoms. The maximum absolute atomic E-state index is 11.6. The van der Waals surface area contributed by atoms with Crippen molar-refractivity contribution in [1.29, 1.82) is 0 Å². The number of hydrogen-bond acceptors (Lipinski definition) is 5. The van der Waals surface area contributed by atoms with Crippen molar-refractivity contribution in [3.8, 4) is 16.9 Å². The summed E-state index contributed by atoms with van der Waals surface area (Å²) < 4.78 is 10.6. The molecule has 0 saturated heterocycles. The molecule has 1 unspecified atom stereocenters. The van der Waals surface area contributed by atoms with Crippen LogP contribution >= 0.6 is 11.3 Å². The first-order chi connectivity index (χ1) is 9.22. The summed E-state index contributed by atoms with van der Waals surface area (Å²) in [6.07, 6.45) is 2.87. The van der Waals surface area contributed by atoms with Crippen LogP contribution in [0.3, 0.4) is 0 Å². The summed E-state index contributed by atoms with van der Waals surface area (Å²) in [7, 11) is 0. The number of carbonyl (C=O) groups excluding carboxylic acids is 1. The Morgan fingerprint density at radius 2 is 2.32 bits per heavy atom. The largest absolute Gasteiger partial charge is 0.478 e. The summed E-state index contributed by atoms with van der Waals surface area (Å²) in [6.45, 7) is 3.81. The molecule has 0 radical (unpaired) electrons. The highest BCUT2D eigenvalue weighted by Crippen LogP contribution is 2.33. The highest BCUT2D eigenvalue weighted by molar-refractivity contribution is 7.08. The Labute approximate surface area is 116 Å². The van der Waals surface area contributed by atoms with E-state index in [2.05, 4.69) is 4.98 Å². The Morgan fingerprint density at radius 1 is 1.47 bits per heavy atom. The predicted octanol–water partition coefficient (Wildman–Crippen LogP) is 3.14. The Morgan fingerprint density at radius 3 is 3.00 bits per heavy atom. The summed E-state index contributed by atoms with van der Waals surface area (Å²) in [6, 6.07) is 3.82. The van der Waals surface area contributed by atoms with Crippen molar-refractivity contribution in [2.24, 2.45) is 0 Å². The zero-order valence-electron chi connectivity index (χ0n) is 10.8. The van der Waals surface area contributed by atoms with E-state index >= 15 is 0 Å². The van der Waals surface area contributed by atoms with Crippen LogP contribution in [0.5, 0.6) is 5.75 Å². The van der Waals surface area contributed by atoms with Gasteiger partial charge in [0.1, 0.15) is 5.75 Å². The van der Waals surface area contributed by atoms with Gasteiger partial charge in [-0.1, -0.05) is 6.07 Å². The average Bonchev–Trinajstić information content (AvgIpc) is 2.88. The molecule has 2 aromatic heterocycles. The van der Waals surface area contributed by atoms with Crippen molar-refractivity contribution in [3.05, 3.63) is 35.3 Å². The molecule has 2 heterocycles. The van der Waals surface area contributed by atoms with E-state index in [1.54, 1.807) is 26.2 Å². The second-order valence-corrected chi connectivity index (χ2v) is 4.65. The molecule has 0 aliphatic rings. The number of ether oxygens (including phenoxy) is 2. The summed E-state index contributed by atoms with van der Waals surface area (Å²) in [5, 5.41) is 3.85. The fraction of sp³-hybridized carbons (Fsp3) is 0.286. The van der Waals surface area contributed by atoms with Crippen LogP contribution in [0, 0.1) is 0 Å². The van der Waals surface area contributed by atoms with Crippen molar-refractivity contribution in [2.45, 2.75) is 20.0 Å². The molecule has 0 fully saturated rings. The third-order valence-corrected chi connectivity index (χ3v) is 3.24. The van der Waals surface area contributed by atoms with E-state index in [-0.39, 0.29) is 5.97 Å². The highest BCUT2D eigenvalue weighted by atomic mass is 32.1. The minimum atomic E-state index is -0.620. The van der Waals surface area contributed by atoms with Crippen molar-refractivity contribution in [1.82, 2.24) is 4.98 Å². The van der Waals surface area contributed by atoms with E-state index in [9.17, 15) is 4.79 Å². The summed E-state index contributed by atoms with van der Waals surface area (Å²) in [5.41, 5.74) is 1.91. The molecule has 0 spiro atoms. The number of aromatic nitrogens is 1. The van der Waals surface area contributed by atoms with Crippen molar-refractivity contribution >= 4 is 17.3 Å². The monoisotopic (exact) mass is 277 g/mol. The topological polar surface area (TPSA) is 48.4 Å². The number of esters is 1. The van der Waals surface area contributed by atoms with Gasteiger partial charge in [0.05, 0.1) is 6.61 Å². The van der Waals surface area contributed by atoms with Gasteiger partial charge in [0.15, 0.2) is 6.10 Å². The molecule has 0 aliphatic carbocycles. The molecular weight excluding hydrogens is 262 g/mol. The normalized spacial score (nSPS) is 11.9. The van der Waals surface area contributed by atoms with Crippen molar-refractivity contribution in [2.75, 3.05) is 6.61 Å². The summed E-state index contributed by atoms with van der Waals surface area (Å²) in [4.78, 5) is 15.6. The predicted molar refractivity (Wildman–Crippen MR) is 74.3 cm³/mol. The molecule has 1 atom stereocenters. The fourth-order valence-corrected chi connectivity index (χ4v) is 2.37. The lowest BCUT2D eigenvalue weighted by molar-refractivity contribution is -0.150. The first kappa shape index (κ1) is 13.5. The van der Waals surface area contributed by atoms with Gasteiger partial charge in [-0.3, -0.25) is 4.98 Å². The molecule has 2 aromatic rings. The molecule has 0 N–H and O–H groups in total. The molecule has 0 amide bonds. The number of hydrogen-bond donors (Lipinski definition) is 0. The van der Waals surface area contributed by atoms with Gasteiger partial charge in [0, 0.05) is 34.3 Å². The number of carbonyl (C=O) groups is 1. The zero-order chi connectivity index (χ0) is 13.7. The van der Waals surface area contributed by atoms with Gasteiger partial charge in [-0.2, -0.15) is 0 Å². The molecule has 4 nitrogen and oxygen atoms in total. The maximum Gasteiger partial charge on any atom is 0.347 e. The van der Waals surface area contributed by atoms with Crippen molar-refractivity contribution in [3.63, 3.8) is 0 Å². The lowest BCUT2D eigenvalue weighted by Gasteiger charge is -2.13. The zero-order valence-corrected chi connectivity index (χ0v) is 11.6. The SMILES string of the molecule is CCOC(=O)C(C)Oc1cscc1-c1cccnc1. The first-order valence-corrected chi connectivity index (χ1v) is 6.96. The third-order valence-electron chi connectivity index (χ3n) is 2.52. The van der Waals surface area contributed by atoms with Crippen LogP contribution in [0.1, 0.15) is 13.8 Å². The minimum Gasteiger partial charge on any atom is -0.478 e. The number of rotatable bonds is 5. The molecular formula is C14H15NO3S. The van der Waals surface area contributed by atoms with Gasteiger partial charge >= 0.3 is 5.97 Å². The van der Waals surface area contributed by atoms with Gasteiger partial charge in [-0.15, -0.1) is 11.3 Å². The Kier molecular flexibility index (Phi) is 4.52. The summed E-state index contributed by atoms with van der Waals surface area (Å²) in [5.74, 6) is 0.324. The second kappa shape index (κ2) is 6.33. The van der Waals surface area contributed by atoms with Gasteiger partial charge < -0.3 is 9.47 Å². The van der Waals surface area contributed by atoms with Gasteiger partial charge in [-0.05, 0) is 19.9 Å². The molecule has 0 aliphatic heterocycles. The van der Waals surface area contributed by atoms with E-state index in [1.807, 2.05) is 22.9 Å². The van der Waals surface area contributed by atoms with Crippen LogP contribution in [-0.2, 0) is 9.53 Å². The number of pyridine rings is 1. The van der Waals surface area contributed by atoms with Crippen molar-refractivity contribution < 1.29 is 14.3 Å². The molecule has 0 saturated carbocycles. The molecule has 5 heteroatoms. The lowest BCUT2D eigenvalue weighted by Crippen LogP contribution is -2.26. The smallest absolute Gasteiger partial charge is 0.347 e. The number of nitrogens with zero attached hydrogens (tertiary/aromatic N) is 1. The van der Waals surface area contributed by atoms with E-state index in [4.69, 9.17) is 9.47 Å². The first-order valence-electron chi connectivity index (χ1n) is 6.02. The van der Waals surface area contributed by atoms with Crippen LogP contribution in [0.4, 0.5) is 0 Å². The Balaban J connectivity index is 2.15. The van der Waals surface area contributed by atoms with Crippen LogP contribution in [0.25, 0.3) is 11.1 Å². The fourth-order valence-electron chi connectivity index (χ4n) is 1.61. The standard InChI is InChI=1S/C14H15NO3S/c1-3-17-14(16)10(2)18-13-9-19-8-12(13)11-5-4-6-15-7-11/h4-10H,3H2,1-2H3. The van der Waals surface area contributed by atoms with E-state index in [0.717, 1.165) is 11.1 Å². The van der Waals surface area contributed by atoms with E-state index < -0.39 is 6.10 Å². The molecule has 0 bridgehead atoms. The molecule has 0 aromatic carbocycles. The second-order valence-electron chi connectivity index (χ2n) is 3.90. The third kappa shape index (κ3) is 3.32. The lowest BCUT2D eigenvalue weighted by atomic mass is 10.1. The van der Waals surface area contributed by atoms with Crippen LogP contribution in [0.15, 0.2) is 35.3 Å². The van der Waals surface area contributed by atoms with E-state index in [1.165, 1.54) is 11.3 Å². The molecule has 100 valence electrons. The van der Waals surface area contributed by atoms with Gasteiger partial charge in [0.2, 0.25) is 0 Å². The summed E-state index contributed by atoms with van der Waals surface area (Å²) >= 11 is 1.52. The Hall–Kier alpha value is -1.88.